The topological polar surface area (TPSA) is 73.1 Å². The molecule has 0 unspecified atom stereocenters. The molecule has 0 bridgehead atoms. The number of carbonyl (C=O) groups excluding carboxylic acids is 1. The van der Waals surface area contributed by atoms with Crippen molar-refractivity contribution in [3.63, 3.8) is 0 Å². The van der Waals surface area contributed by atoms with Crippen molar-refractivity contribution in [3.05, 3.63) is 64.7 Å². The van der Waals surface area contributed by atoms with E-state index in [1.54, 1.807) is 54.6 Å². The molecule has 0 saturated heterocycles. The van der Waals surface area contributed by atoms with Crippen molar-refractivity contribution in [1.29, 1.82) is 5.26 Å². The maximum absolute atomic E-state index is 10.7. The van der Waals surface area contributed by atoms with Gasteiger partial charge in [-0.2, -0.15) is 5.26 Å². The van der Waals surface area contributed by atoms with Gasteiger partial charge in [-0.05, 0) is 48.0 Å². The highest BCUT2D eigenvalue weighted by Gasteiger charge is 2.01. The number of benzene rings is 2. The van der Waals surface area contributed by atoms with Crippen LogP contribution in [-0.4, -0.2) is 5.97 Å². The highest BCUT2D eigenvalue weighted by Crippen LogP contribution is 2.24. The van der Waals surface area contributed by atoms with Crippen molar-refractivity contribution in [1.82, 2.24) is 0 Å². The lowest BCUT2D eigenvalue weighted by Crippen LogP contribution is -2.23. The Hall–Kier alpha value is -2.77. The standard InChI is InChI=1S/C16H10ClNO3/c17-13-4-6-14(7-5-13)21-15-3-1-2-11(9-15)8-12(10-18)16(19)20/h1-9H,(H,19,20)/p-1/b12-8+. The second kappa shape index (κ2) is 6.60. The predicted octanol–water partition coefficient (Wildman–Crippen LogP) is 2.79. The zero-order valence-electron chi connectivity index (χ0n) is 10.7. The van der Waals surface area contributed by atoms with Gasteiger partial charge < -0.3 is 14.6 Å². The van der Waals surface area contributed by atoms with Gasteiger partial charge in [0, 0.05) is 5.02 Å². The molecule has 2 aromatic carbocycles. The van der Waals surface area contributed by atoms with E-state index in [9.17, 15) is 9.90 Å². The van der Waals surface area contributed by atoms with Gasteiger partial charge in [-0.25, -0.2) is 0 Å². The quantitative estimate of drug-likeness (QED) is 0.642. The van der Waals surface area contributed by atoms with Crippen molar-refractivity contribution < 1.29 is 14.6 Å². The third kappa shape index (κ3) is 4.10. The van der Waals surface area contributed by atoms with E-state index in [1.165, 1.54) is 6.08 Å². The Morgan fingerprint density at radius 2 is 1.90 bits per heavy atom. The Bertz CT molecular complexity index is 730. The molecule has 0 heterocycles. The van der Waals surface area contributed by atoms with Crippen LogP contribution in [0, 0.1) is 11.3 Å². The normalized spacial score (nSPS) is 10.8. The van der Waals surface area contributed by atoms with Crippen LogP contribution >= 0.6 is 11.6 Å². The van der Waals surface area contributed by atoms with Crippen LogP contribution in [0.1, 0.15) is 5.56 Å². The van der Waals surface area contributed by atoms with Gasteiger partial charge in [0.15, 0.2) is 0 Å². The summed E-state index contributed by atoms with van der Waals surface area (Å²) in [5.74, 6) is -0.399. The first-order valence-electron chi connectivity index (χ1n) is 5.95. The molecular weight excluding hydrogens is 290 g/mol. The maximum Gasteiger partial charge on any atom is 0.128 e. The molecule has 0 radical (unpaired) electrons. The molecule has 0 atom stereocenters. The Labute approximate surface area is 126 Å². The van der Waals surface area contributed by atoms with Crippen LogP contribution in [0.5, 0.6) is 11.5 Å². The molecule has 5 heteroatoms. The smallest absolute Gasteiger partial charge is 0.128 e. The number of rotatable bonds is 4. The van der Waals surface area contributed by atoms with Gasteiger partial charge in [-0.1, -0.05) is 23.7 Å². The van der Waals surface area contributed by atoms with Gasteiger partial charge >= 0.3 is 0 Å². The van der Waals surface area contributed by atoms with Crippen molar-refractivity contribution >= 4 is 23.6 Å². The Morgan fingerprint density at radius 3 is 2.52 bits per heavy atom. The number of nitrogens with zero attached hydrogens (tertiary/aromatic N) is 1. The van der Waals surface area contributed by atoms with Gasteiger partial charge in [0.1, 0.15) is 17.6 Å². The number of carboxylic acid groups (broad SMARTS) is 1. The SMILES string of the molecule is N#C/C(=C\c1cccc(Oc2ccc(Cl)cc2)c1)C(=O)[O-]. The largest absolute Gasteiger partial charge is 0.544 e. The van der Waals surface area contributed by atoms with Crippen LogP contribution in [0.2, 0.25) is 5.02 Å². The number of hydrogen-bond donors (Lipinski definition) is 0. The molecule has 0 aliphatic rings. The highest BCUT2D eigenvalue weighted by atomic mass is 35.5. The van der Waals surface area contributed by atoms with Crippen molar-refractivity contribution in [2.75, 3.05) is 0 Å². The Kier molecular flexibility index (Phi) is 4.60. The molecule has 0 saturated carbocycles. The summed E-state index contributed by atoms with van der Waals surface area (Å²) < 4.78 is 5.62. The first-order valence-corrected chi connectivity index (χ1v) is 6.33. The monoisotopic (exact) mass is 298 g/mol. The number of carboxylic acids is 1. The molecule has 0 fully saturated rings. The molecule has 21 heavy (non-hydrogen) atoms. The van der Waals surface area contributed by atoms with Gasteiger partial charge in [-0.3, -0.25) is 0 Å². The van der Waals surface area contributed by atoms with E-state index in [0.717, 1.165) is 0 Å². The Balaban J connectivity index is 2.24. The summed E-state index contributed by atoms with van der Waals surface area (Å²) in [6, 6.07) is 15.1. The molecule has 104 valence electrons. The molecule has 4 nitrogen and oxygen atoms in total. The van der Waals surface area contributed by atoms with Crippen LogP contribution in [0.15, 0.2) is 54.1 Å². The average Bonchev–Trinajstić information content (AvgIpc) is 2.47. The Morgan fingerprint density at radius 1 is 1.19 bits per heavy atom. The van der Waals surface area contributed by atoms with E-state index in [4.69, 9.17) is 21.6 Å². The molecule has 0 aromatic heterocycles. The van der Waals surface area contributed by atoms with Crippen LogP contribution in [0.3, 0.4) is 0 Å². The molecule has 2 rings (SSSR count). The summed E-state index contributed by atoms with van der Waals surface area (Å²) in [5, 5.41) is 20.0. The third-order valence-electron chi connectivity index (χ3n) is 2.56. The lowest BCUT2D eigenvalue weighted by atomic mass is 10.1. The average molecular weight is 299 g/mol. The maximum atomic E-state index is 10.7. The van der Waals surface area contributed by atoms with E-state index in [-0.39, 0.29) is 0 Å². The van der Waals surface area contributed by atoms with Gasteiger partial charge in [0.05, 0.1) is 11.5 Å². The number of halogens is 1. The fraction of sp³-hybridized carbons (Fsp3) is 0. The van der Waals surface area contributed by atoms with Crippen molar-refractivity contribution in [2.45, 2.75) is 0 Å². The summed E-state index contributed by atoms with van der Waals surface area (Å²) in [4.78, 5) is 10.7. The van der Waals surface area contributed by atoms with Crippen molar-refractivity contribution in [3.8, 4) is 17.6 Å². The number of aliphatic carboxylic acids is 1. The van der Waals surface area contributed by atoms with Crippen molar-refractivity contribution in [2.24, 2.45) is 0 Å². The molecule has 0 N–H and O–H groups in total. The zero-order valence-corrected chi connectivity index (χ0v) is 11.5. The van der Waals surface area contributed by atoms with E-state index in [2.05, 4.69) is 0 Å². The minimum atomic E-state index is -1.51. The number of ether oxygens (including phenoxy) is 1. The van der Waals surface area contributed by atoms with Crippen LogP contribution < -0.4 is 9.84 Å². The van der Waals surface area contributed by atoms with E-state index in [0.29, 0.717) is 22.1 Å². The van der Waals surface area contributed by atoms with Gasteiger partial charge in [-0.15, -0.1) is 0 Å². The summed E-state index contributed by atoms with van der Waals surface area (Å²) in [6.45, 7) is 0. The van der Waals surface area contributed by atoms with Gasteiger partial charge in [0.2, 0.25) is 0 Å². The van der Waals surface area contributed by atoms with Gasteiger partial charge in [0.25, 0.3) is 0 Å². The summed E-state index contributed by atoms with van der Waals surface area (Å²) >= 11 is 5.79. The third-order valence-corrected chi connectivity index (χ3v) is 2.81. The molecule has 0 aliphatic heterocycles. The second-order valence-electron chi connectivity index (χ2n) is 4.09. The fourth-order valence-corrected chi connectivity index (χ4v) is 1.74. The predicted molar refractivity (Wildman–Crippen MR) is 76.6 cm³/mol. The highest BCUT2D eigenvalue weighted by molar-refractivity contribution is 6.30. The molecule has 0 amide bonds. The molecule has 0 aliphatic carbocycles. The first kappa shape index (κ1) is 14.6. The molecular formula is C16H9ClNO3-. The minimum Gasteiger partial charge on any atom is -0.544 e. The summed E-state index contributed by atoms with van der Waals surface area (Å²) in [6.07, 6.45) is 1.23. The lowest BCUT2D eigenvalue weighted by molar-refractivity contribution is -0.298. The van der Waals surface area contributed by atoms with Crippen LogP contribution in [-0.2, 0) is 4.79 Å². The number of carbonyl (C=O) groups is 1. The minimum absolute atomic E-state index is 0.446. The van der Waals surface area contributed by atoms with E-state index >= 15 is 0 Å². The first-order chi connectivity index (χ1) is 10.1. The van der Waals surface area contributed by atoms with E-state index in [1.807, 2.05) is 0 Å². The summed E-state index contributed by atoms with van der Waals surface area (Å²) in [7, 11) is 0. The molecule has 2 aromatic rings. The van der Waals surface area contributed by atoms with E-state index < -0.39 is 11.5 Å². The zero-order chi connectivity index (χ0) is 15.2. The summed E-state index contributed by atoms with van der Waals surface area (Å²) in [5.41, 5.74) is 0.0841. The second-order valence-corrected chi connectivity index (χ2v) is 4.52. The van der Waals surface area contributed by atoms with Crippen LogP contribution in [0.4, 0.5) is 0 Å². The lowest BCUT2D eigenvalue weighted by Gasteiger charge is -2.07. The number of hydrogen-bond acceptors (Lipinski definition) is 4. The molecule has 0 spiro atoms. The van der Waals surface area contributed by atoms with Crippen LogP contribution in [0.25, 0.3) is 6.08 Å². The number of nitriles is 1. The fourth-order valence-electron chi connectivity index (χ4n) is 1.61.